The highest BCUT2D eigenvalue weighted by Crippen LogP contribution is 2.27. The fraction of sp³-hybridized carbons (Fsp3) is 0.269. The van der Waals surface area contributed by atoms with Crippen molar-refractivity contribution in [3.8, 4) is 5.75 Å². The van der Waals surface area contributed by atoms with Crippen molar-refractivity contribution < 1.29 is 17.9 Å². The highest BCUT2D eigenvalue weighted by Gasteiger charge is 2.23. The summed E-state index contributed by atoms with van der Waals surface area (Å²) in [5.74, 6) is -0.192. The lowest BCUT2D eigenvalue weighted by Gasteiger charge is -2.23. The third-order valence-electron chi connectivity index (χ3n) is 5.26. The van der Waals surface area contributed by atoms with Crippen molar-refractivity contribution in [2.45, 2.75) is 24.3 Å². The van der Waals surface area contributed by atoms with Crippen LogP contribution in [-0.4, -0.2) is 53.0 Å². The van der Waals surface area contributed by atoms with E-state index in [9.17, 15) is 13.2 Å². The maximum absolute atomic E-state index is 13.1. The van der Waals surface area contributed by atoms with Crippen LogP contribution in [0.15, 0.2) is 77.7 Å². The minimum Gasteiger partial charge on any atom is -0.495 e. The highest BCUT2D eigenvalue weighted by molar-refractivity contribution is 7.92. The number of benzene rings is 3. The first kappa shape index (κ1) is 25.3. The molecule has 7 nitrogen and oxygen atoms in total. The minimum absolute atomic E-state index is 0.101. The Morgan fingerprint density at radius 3 is 2.29 bits per heavy atom. The van der Waals surface area contributed by atoms with Crippen LogP contribution in [0.1, 0.15) is 21.5 Å². The van der Waals surface area contributed by atoms with Gasteiger partial charge in [0.15, 0.2) is 0 Å². The number of carbonyl (C=O) groups is 1. The van der Waals surface area contributed by atoms with Gasteiger partial charge in [-0.2, -0.15) is 0 Å². The van der Waals surface area contributed by atoms with Crippen molar-refractivity contribution in [2.24, 2.45) is 0 Å². The molecule has 0 aromatic heterocycles. The zero-order valence-electron chi connectivity index (χ0n) is 19.9. The van der Waals surface area contributed by atoms with Crippen molar-refractivity contribution in [2.75, 3.05) is 32.5 Å². The second-order valence-corrected chi connectivity index (χ2v) is 10.1. The number of sulfonamides is 1. The van der Waals surface area contributed by atoms with Crippen LogP contribution in [0.25, 0.3) is 0 Å². The number of aryl methyl sites for hydroxylation is 1. The number of ether oxygens (including phenoxy) is 1. The van der Waals surface area contributed by atoms with Crippen molar-refractivity contribution in [3.05, 3.63) is 89.5 Å². The molecule has 0 saturated heterocycles. The van der Waals surface area contributed by atoms with E-state index < -0.39 is 10.0 Å². The molecule has 1 unspecified atom stereocenters. The van der Waals surface area contributed by atoms with Crippen LogP contribution >= 0.6 is 0 Å². The molecule has 0 aliphatic carbocycles. The van der Waals surface area contributed by atoms with Crippen LogP contribution in [0.2, 0.25) is 0 Å². The fourth-order valence-electron chi connectivity index (χ4n) is 3.63. The quantitative estimate of drug-likeness (QED) is 0.461. The van der Waals surface area contributed by atoms with Crippen molar-refractivity contribution in [1.82, 2.24) is 10.2 Å². The number of hydrogen-bond donors (Lipinski definition) is 2. The summed E-state index contributed by atoms with van der Waals surface area (Å²) in [4.78, 5) is 15.0. The Morgan fingerprint density at radius 2 is 1.68 bits per heavy atom. The van der Waals surface area contributed by atoms with E-state index in [0.717, 1.165) is 11.1 Å². The zero-order valence-corrected chi connectivity index (χ0v) is 20.7. The largest absolute Gasteiger partial charge is 0.495 e. The predicted molar refractivity (Wildman–Crippen MR) is 135 cm³/mol. The van der Waals surface area contributed by atoms with Gasteiger partial charge in [0, 0.05) is 23.8 Å². The van der Waals surface area contributed by atoms with Gasteiger partial charge in [-0.05, 0) is 63.3 Å². The number of rotatable bonds is 10. The van der Waals surface area contributed by atoms with Gasteiger partial charge in [-0.25, -0.2) is 8.42 Å². The van der Waals surface area contributed by atoms with Gasteiger partial charge in [0.1, 0.15) is 10.6 Å². The Balaban J connectivity index is 1.85. The number of amides is 1. The molecule has 1 atom stereocenters. The monoisotopic (exact) mass is 481 g/mol. The lowest BCUT2D eigenvalue weighted by atomic mass is 10.0. The summed E-state index contributed by atoms with van der Waals surface area (Å²) in [5, 5.41) is 3.05. The fourth-order valence-corrected chi connectivity index (χ4v) is 4.88. The SMILES string of the molecule is COc1ccc(C(=O)NC(Cc2ccccc2)CN(C)C)cc1S(=O)(=O)Nc1ccc(C)cc1. The second kappa shape index (κ2) is 11.2. The number of likely N-dealkylation sites (N-methyl/N-ethyl adjacent to an activating group) is 1. The third-order valence-corrected chi connectivity index (χ3v) is 6.67. The van der Waals surface area contributed by atoms with Crippen LogP contribution < -0.4 is 14.8 Å². The molecule has 0 bridgehead atoms. The van der Waals surface area contributed by atoms with Crippen LogP contribution in [0.3, 0.4) is 0 Å². The van der Waals surface area contributed by atoms with E-state index >= 15 is 0 Å². The number of hydrogen-bond acceptors (Lipinski definition) is 5. The maximum Gasteiger partial charge on any atom is 0.265 e. The average Bonchev–Trinajstić information content (AvgIpc) is 2.80. The molecule has 180 valence electrons. The summed E-state index contributed by atoms with van der Waals surface area (Å²) in [6.07, 6.45) is 0.654. The van der Waals surface area contributed by atoms with Crippen LogP contribution in [-0.2, 0) is 16.4 Å². The molecule has 3 aromatic carbocycles. The molecule has 0 saturated carbocycles. The Kier molecular flexibility index (Phi) is 8.31. The molecule has 34 heavy (non-hydrogen) atoms. The molecule has 0 radical (unpaired) electrons. The normalized spacial score (nSPS) is 12.3. The van der Waals surface area contributed by atoms with Gasteiger partial charge in [-0.3, -0.25) is 9.52 Å². The van der Waals surface area contributed by atoms with E-state index in [0.29, 0.717) is 18.7 Å². The van der Waals surface area contributed by atoms with E-state index in [4.69, 9.17) is 4.74 Å². The van der Waals surface area contributed by atoms with Crippen LogP contribution in [0.5, 0.6) is 5.75 Å². The summed E-state index contributed by atoms with van der Waals surface area (Å²) >= 11 is 0. The predicted octanol–water partition coefficient (Wildman–Crippen LogP) is 3.71. The minimum atomic E-state index is -3.98. The van der Waals surface area contributed by atoms with E-state index in [2.05, 4.69) is 10.0 Å². The number of anilines is 1. The van der Waals surface area contributed by atoms with Crippen molar-refractivity contribution in [1.29, 1.82) is 0 Å². The lowest BCUT2D eigenvalue weighted by molar-refractivity contribution is 0.0930. The lowest BCUT2D eigenvalue weighted by Crippen LogP contribution is -2.43. The molecule has 0 heterocycles. The second-order valence-electron chi connectivity index (χ2n) is 8.46. The van der Waals surface area contributed by atoms with E-state index in [1.165, 1.54) is 19.2 Å². The van der Waals surface area contributed by atoms with Gasteiger partial charge in [-0.15, -0.1) is 0 Å². The molecule has 0 aliphatic heterocycles. The molecule has 3 aromatic rings. The molecule has 0 spiro atoms. The summed E-state index contributed by atoms with van der Waals surface area (Å²) in [6.45, 7) is 2.56. The summed E-state index contributed by atoms with van der Waals surface area (Å²) in [7, 11) is 1.30. The van der Waals surface area contributed by atoms with E-state index in [1.54, 1.807) is 18.2 Å². The average molecular weight is 482 g/mol. The number of carbonyl (C=O) groups excluding carboxylic acids is 1. The first-order valence-electron chi connectivity index (χ1n) is 10.9. The topological polar surface area (TPSA) is 87.7 Å². The first-order valence-corrected chi connectivity index (χ1v) is 12.4. The van der Waals surface area contributed by atoms with Crippen LogP contribution in [0, 0.1) is 6.92 Å². The number of nitrogens with one attached hydrogen (secondary N) is 2. The van der Waals surface area contributed by atoms with Crippen LogP contribution in [0.4, 0.5) is 5.69 Å². The van der Waals surface area contributed by atoms with Gasteiger partial charge in [0.2, 0.25) is 0 Å². The molecule has 8 heteroatoms. The Bertz CT molecular complexity index is 1210. The van der Waals surface area contributed by atoms with Gasteiger partial charge < -0.3 is 15.0 Å². The summed E-state index contributed by atoms with van der Waals surface area (Å²) in [6, 6.07) is 21.2. The zero-order chi connectivity index (χ0) is 24.7. The number of methoxy groups -OCH3 is 1. The third kappa shape index (κ3) is 6.82. The van der Waals surface area contributed by atoms with Gasteiger partial charge in [0.05, 0.1) is 7.11 Å². The Labute approximate surface area is 201 Å². The maximum atomic E-state index is 13.1. The Morgan fingerprint density at radius 1 is 1.00 bits per heavy atom. The molecule has 3 rings (SSSR count). The molecule has 0 fully saturated rings. The van der Waals surface area contributed by atoms with E-state index in [1.807, 2.05) is 68.4 Å². The van der Waals surface area contributed by atoms with Gasteiger partial charge in [-0.1, -0.05) is 48.0 Å². The summed E-state index contributed by atoms with van der Waals surface area (Å²) < 4.78 is 34.1. The van der Waals surface area contributed by atoms with Crippen molar-refractivity contribution in [3.63, 3.8) is 0 Å². The summed E-state index contributed by atoms with van der Waals surface area (Å²) in [5.41, 5.74) is 2.79. The molecule has 2 N–H and O–H groups in total. The molecule has 1 amide bonds. The molecular weight excluding hydrogens is 450 g/mol. The van der Waals surface area contributed by atoms with Gasteiger partial charge in [0.25, 0.3) is 15.9 Å². The van der Waals surface area contributed by atoms with Crippen molar-refractivity contribution >= 4 is 21.6 Å². The number of nitrogens with zero attached hydrogens (tertiary/aromatic N) is 1. The standard InChI is InChI=1S/C26H31N3O4S/c1-19-10-13-22(14-11-19)28-34(31,32)25-17-21(12-15-24(25)33-4)26(30)27-23(18-29(2)3)16-20-8-6-5-7-9-20/h5-15,17,23,28H,16,18H2,1-4H3,(H,27,30). The van der Waals surface area contributed by atoms with Gasteiger partial charge >= 0.3 is 0 Å². The smallest absolute Gasteiger partial charge is 0.265 e. The highest BCUT2D eigenvalue weighted by atomic mass is 32.2. The molecular formula is C26H31N3O4S. The Hall–Kier alpha value is -3.36. The molecule has 0 aliphatic rings. The van der Waals surface area contributed by atoms with E-state index in [-0.39, 0.29) is 28.2 Å². The first-order chi connectivity index (χ1) is 16.2.